The van der Waals surface area contributed by atoms with E-state index in [4.69, 9.17) is 9.84 Å². The fraction of sp³-hybridized carbons (Fsp3) is 0.235. The first kappa shape index (κ1) is 18.0. The molecule has 128 valence electrons. The predicted octanol–water partition coefficient (Wildman–Crippen LogP) is 2.11. The molecule has 0 aliphatic rings. The predicted molar refractivity (Wildman–Crippen MR) is 89.5 cm³/mol. The van der Waals surface area contributed by atoms with Gasteiger partial charge in [0.05, 0.1) is 13.5 Å². The lowest BCUT2D eigenvalue weighted by molar-refractivity contribution is -0.136. The van der Waals surface area contributed by atoms with Gasteiger partial charge in [0.1, 0.15) is 10.6 Å². The number of methoxy groups -OCH3 is 1. The lowest BCUT2D eigenvalue weighted by Gasteiger charge is -2.13. The van der Waals surface area contributed by atoms with Gasteiger partial charge < -0.3 is 9.84 Å². The van der Waals surface area contributed by atoms with Gasteiger partial charge in [-0.15, -0.1) is 0 Å². The zero-order valence-corrected chi connectivity index (χ0v) is 14.3. The highest BCUT2D eigenvalue weighted by Crippen LogP contribution is 2.24. The van der Waals surface area contributed by atoms with E-state index in [0.717, 1.165) is 5.56 Å². The van der Waals surface area contributed by atoms with E-state index < -0.39 is 16.0 Å². The van der Waals surface area contributed by atoms with E-state index in [1.165, 1.54) is 13.2 Å². The van der Waals surface area contributed by atoms with Gasteiger partial charge >= 0.3 is 5.97 Å². The summed E-state index contributed by atoms with van der Waals surface area (Å²) in [6.07, 6.45) is -0.161. The quantitative estimate of drug-likeness (QED) is 0.799. The van der Waals surface area contributed by atoms with Crippen molar-refractivity contribution in [3.8, 4) is 5.75 Å². The van der Waals surface area contributed by atoms with Crippen LogP contribution in [-0.2, 0) is 27.8 Å². The second kappa shape index (κ2) is 7.46. The molecule has 0 aromatic heterocycles. The molecule has 0 aliphatic carbocycles. The van der Waals surface area contributed by atoms with Crippen LogP contribution in [0.1, 0.15) is 16.7 Å². The van der Waals surface area contributed by atoms with Gasteiger partial charge in [-0.1, -0.05) is 30.3 Å². The highest BCUT2D eigenvalue weighted by molar-refractivity contribution is 7.89. The van der Waals surface area contributed by atoms with E-state index in [1.807, 2.05) is 0 Å². The molecule has 0 amide bonds. The standard InChI is InChI=1S/C17H19NO5S/c1-12-7-8-15(23-2)16(9-12)24(21,22)18-11-14-6-4-3-5-13(14)10-17(19)20/h3-9,18H,10-11H2,1-2H3,(H,19,20). The summed E-state index contributed by atoms with van der Waals surface area (Å²) in [5.41, 5.74) is 1.99. The molecule has 7 heteroatoms. The van der Waals surface area contributed by atoms with Gasteiger partial charge in [-0.25, -0.2) is 13.1 Å². The van der Waals surface area contributed by atoms with Crippen molar-refractivity contribution < 1.29 is 23.1 Å². The van der Waals surface area contributed by atoms with E-state index >= 15 is 0 Å². The normalized spacial score (nSPS) is 11.2. The Kier molecular flexibility index (Phi) is 5.58. The molecule has 0 fully saturated rings. The molecule has 0 bridgehead atoms. The zero-order valence-electron chi connectivity index (χ0n) is 13.4. The number of hydrogen-bond donors (Lipinski definition) is 2. The average molecular weight is 349 g/mol. The molecule has 6 nitrogen and oxygen atoms in total. The van der Waals surface area contributed by atoms with E-state index in [0.29, 0.717) is 11.1 Å². The fourth-order valence-corrected chi connectivity index (χ4v) is 3.57. The lowest BCUT2D eigenvalue weighted by atomic mass is 10.1. The Balaban J connectivity index is 2.26. The number of nitrogens with one attached hydrogen (secondary N) is 1. The summed E-state index contributed by atoms with van der Waals surface area (Å²) in [7, 11) is -2.38. The van der Waals surface area contributed by atoms with Crippen molar-refractivity contribution in [1.29, 1.82) is 0 Å². The van der Waals surface area contributed by atoms with Crippen molar-refractivity contribution in [2.45, 2.75) is 24.8 Å². The highest BCUT2D eigenvalue weighted by atomic mass is 32.2. The van der Waals surface area contributed by atoms with Crippen LogP contribution in [0.4, 0.5) is 0 Å². The van der Waals surface area contributed by atoms with Crippen LogP contribution in [0.3, 0.4) is 0 Å². The number of rotatable bonds is 7. The fourth-order valence-electron chi connectivity index (χ4n) is 2.31. The van der Waals surface area contributed by atoms with Gasteiger partial charge in [-0.3, -0.25) is 4.79 Å². The zero-order chi connectivity index (χ0) is 17.7. The topological polar surface area (TPSA) is 92.7 Å². The molecular formula is C17H19NO5S. The largest absolute Gasteiger partial charge is 0.495 e. The molecule has 0 saturated heterocycles. The Morgan fingerprint density at radius 2 is 1.83 bits per heavy atom. The van der Waals surface area contributed by atoms with Gasteiger partial charge in [0, 0.05) is 6.54 Å². The number of aliphatic carboxylic acids is 1. The summed E-state index contributed by atoms with van der Waals surface area (Å²) >= 11 is 0. The molecule has 0 spiro atoms. The number of ether oxygens (including phenoxy) is 1. The van der Waals surface area contributed by atoms with Crippen LogP contribution in [0.5, 0.6) is 5.75 Å². The molecular weight excluding hydrogens is 330 g/mol. The van der Waals surface area contributed by atoms with Crippen molar-refractivity contribution in [1.82, 2.24) is 4.72 Å². The molecule has 0 radical (unpaired) electrons. The molecule has 2 aromatic rings. The number of carboxylic acids is 1. The Hall–Kier alpha value is -2.38. The number of carboxylic acid groups (broad SMARTS) is 1. The van der Waals surface area contributed by atoms with Gasteiger partial charge in [-0.2, -0.15) is 0 Å². The maximum atomic E-state index is 12.6. The van der Waals surface area contributed by atoms with Crippen LogP contribution in [0.2, 0.25) is 0 Å². The molecule has 0 heterocycles. The summed E-state index contributed by atoms with van der Waals surface area (Å²) in [5, 5.41) is 8.94. The second-order valence-corrected chi connectivity index (χ2v) is 7.05. The van der Waals surface area contributed by atoms with Crippen LogP contribution in [0.15, 0.2) is 47.4 Å². The number of benzene rings is 2. The first-order valence-electron chi connectivity index (χ1n) is 7.26. The number of carbonyl (C=O) groups is 1. The van der Waals surface area contributed by atoms with E-state index in [1.54, 1.807) is 43.3 Å². The average Bonchev–Trinajstić information content (AvgIpc) is 2.53. The van der Waals surface area contributed by atoms with Crippen molar-refractivity contribution >= 4 is 16.0 Å². The van der Waals surface area contributed by atoms with Crippen LogP contribution < -0.4 is 9.46 Å². The van der Waals surface area contributed by atoms with Crippen molar-refractivity contribution in [2.24, 2.45) is 0 Å². The highest BCUT2D eigenvalue weighted by Gasteiger charge is 2.20. The molecule has 0 aliphatic heterocycles. The van der Waals surface area contributed by atoms with Crippen LogP contribution in [0, 0.1) is 6.92 Å². The minimum atomic E-state index is -3.79. The Morgan fingerprint density at radius 3 is 2.46 bits per heavy atom. The minimum Gasteiger partial charge on any atom is -0.495 e. The molecule has 24 heavy (non-hydrogen) atoms. The third-order valence-corrected chi connectivity index (χ3v) is 4.94. The monoisotopic (exact) mass is 349 g/mol. The maximum Gasteiger partial charge on any atom is 0.307 e. The number of sulfonamides is 1. The Morgan fingerprint density at radius 1 is 1.17 bits per heavy atom. The van der Waals surface area contributed by atoms with Gasteiger partial charge in [0.2, 0.25) is 10.0 Å². The van der Waals surface area contributed by atoms with Gasteiger partial charge in [0.15, 0.2) is 0 Å². The molecule has 2 N–H and O–H groups in total. The minimum absolute atomic E-state index is 0.00286. The molecule has 2 aromatic carbocycles. The maximum absolute atomic E-state index is 12.6. The second-order valence-electron chi connectivity index (χ2n) is 5.32. The summed E-state index contributed by atoms with van der Waals surface area (Å²) in [4.78, 5) is 11.0. The van der Waals surface area contributed by atoms with Crippen LogP contribution >= 0.6 is 0 Å². The SMILES string of the molecule is COc1ccc(C)cc1S(=O)(=O)NCc1ccccc1CC(=O)O. The number of aryl methyl sites for hydroxylation is 1. The smallest absolute Gasteiger partial charge is 0.307 e. The Labute approximate surface area is 141 Å². The van der Waals surface area contributed by atoms with Crippen LogP contribution in [0.25, 0.3) is 0 Å². The molecule has 0 atom stereocenters. The van der Waals surface area contributed by atoms with Crippen molar-refractivity contribution in [2.75, 3.05) is 7.11 Å². The van der Waals surface area contributed by atoms with Crippen molar-refractivity contribution in [3.05, 3.63) is 59.2 Å². The lowest BCUT2D eigenvalue weighted by Crippen LogP contribution is -2.24. The molecule has 0 saturated carbocycles. The first-order chi connectivity index (χ1) is 11.3. The van der Waals surface area contributed by atoms with Crippen LogP contribution in [-0.4, -0.2) is 26.6 Å². The van der Waals surface area contributed by atoms with Gasteiger partial charge in [-0.05, 0) is 35.7 Å². The van der Waals surface area contributed by atoms with Crippen molar-refractivity contribution in [3.63, 3.8) is 0 Å². The third-order valence-electron chi connectivity index (χ3n) is 3.52. The van der Waals surface area contributed by atoms with E-state index in [2.05, 4.69) is 4.72 Å². The summed E-state index contributed by atoms with van der Waals surface area (Å²) in [6.45, 7) is 1.80. The number of hydrogen-bond acceptors (Lipinski definition) is 4. The summed E-state index contributed by atoms with van der Waals surface area (Å²) < 4.78 is 32.8. The summed E-state index contributed by atoms with van der Waals surface area (Å²) in [5.74, 6) is -0.711. The van der Waals surface area contributed by atoms with Gasteiger partial charge in [0.25, 0.3) is 0 Å². The third kappa shape index (κ3) is 4.33. The van der Waals surface area contributed by atoms with E-state index in [-0.39, 0.29) is 23.6 Å². The molecule has 2 rings (SSSR count). The summed E-state index contributed by atoms with van der Waals surface area (Å²) in [6, 6.07) is 11.7. The molecule has 0 unspecified atom stereocenters. The van der Waals surface area contributed by atoms with E-state index in [9.17, 15) is 13.2 Å². The first-order valence-corrected chi connectivity index (χ1v) is 8.74. The Bertz CT molecular complexity index is 846.